The van der Waals surface area contributed by atoms with Gasteiger partial charge in [-0.2, -0.15) is 13.2 Å². The molecule has 5 nitrogen and oxygen atoms in total. The minimum atomic E-state index is -4.61. The van der Waals surface area contributed by atoms with Crippen LogP contribution in [-0.2, 0) is 12.7 Å². The van der Waals surface area contributed by atoms with Gasteiger partial charge in [-0.1, -0.05) is 11.6 Å². The highest BCUT2D eigenvalue weighted by Crippen LogP contribution is 2.30. The van der Waals surface area contributed by atoms with Crippen molar-refractivity contribution in [3.63, 3.8) is 0 Å². The van der Waals surface area contributed by atoms with Crippen LogP contribution in [0.5, 0.6) is 5.75 Å². The van der Waals surface area contributed by atoms with Crippen LogP contribution in [0.1, 0.15) is 11.3 Å². The highest BCUT2D eigenvalue weighted by molar-refractivity contribution is 6.30. The molecule has 0 aliphatic carbocycles. The second-order valence-corrected chi connectivity index (χ2v) is 5.79. The Balaban J connectivity index is 1.89. The number of aromatic nitrogens is 2. The lowest BCUT2D eigenvalue weighted by Crippen LogP contribution is -2.23. The standard InChI is InChI=1S/C17H12ClF3N2O3/c1-25-13-4-2-10(3-5-13)15-22-12(9-26-15)8-23-7-11(17(19,20)21)6-14(18)16(23)24/h2-7,9H,8H2,1H3. The first kappa shape index (κ1) is 18.1. The molecule has 26 heavy (non-hydrogen) atoms. The Hall–Kier alpha value is -2.74. The van der Waals surface area contributed by atoms with Crippen molar-refractivity contribution in [1.29, 1.82) is 0 Å². The summed E-state index contributed by atoms with van der Waals surface area (Å²) in [5, 5.41) is -0.515. The van der Waals surface area contributed by atoms with Crippen LogP contribution in [0, 0.1) is 0 Å². The minimum Gasteiger partial charge on any atom is -0.497 e. The number of hydrogen-bond donors (Lipinski definition) is 0. The average molecular weight is 385 g/mol. The number of rotatable bonds is 4. The van der Waals surface area contributed by atoms with E-state index in [1.807, 2.05) is 0 Å². The second-order valence-electron chi connectivity index (χ2n) is 5.38. The first-order chi connectivity index (χ1) is 12.3. The normalized spacial score (nSPS) is 11.6. The molecule has 0 aliphatic rings. The summed E-state index contributed by atoms with van der Waals surface area (Å²) in [7, 11) is 1.54. The molecule has 136 valence electrons. The van der Waals surface area contributed by atoms with Crippen molar-refractivity contribution in [3.8, 4) is 17.2 Å². The Kier molecular flexibility index (Phi) is 4.78. The van der Waals surface area contributed by atoms with Gasteiger partial charge in [0.05, 0.1) is 24.9 Å². The molecule has 0 fully saturated rings. The van der Waals surface area contributed by atoms with Gasteiger partial charge in [-0.3, -0.25) is 4.79 Å². The van der Waals surface area contributed by atoms with E-state index in [0.717, 1.165) is 4.57 Å². The number of benzene rings is 1. The van der Waals surface area contributed by atoms with Crippen molar-refractivity contribution in [2.75, 3.05) is 7.11 Å². The summed E-state index contributed by atoms with van der Waals surface area (Å²) in [6.45, 7) is -0.206. The average Bonchev–Trinajstić information content (AvgIpc) is 3.06. The van der Waals surface area contributed by atoms with E-state index in [1.54, 1.807) is 24.3 Å². The zero-order chi connectivity index (χ0) is 18.9. The van der Waals surface area contributed by atoms with Gasteiger partial charge in [0.25, 0.3) is 5.56 Å². The molecular weight excluding hydrogens is 373 g/mol. The number of methoxy groups -OCH3 is 1. The molecule has 3 rings (SSSR count). The van der Waals surface area contributed by atoms with Gasteiger partial charge in [0.2, 0.25) is 5.89 Å². The van der Waals surface area contributed by atoms with Crippen molar-refractivity contribution < 1.29 is 22.3 Å². The summed E-state index contributed by atoms with van der Waals surface area (Å²) >= 11 is 5.63. The van der Waals surface area contributed by atoms with Crippen LogP contribution in [0.25, 0.3) is 11.5 Å². The Morgan fingerprint density at radius 3 is 2.58 bits per heavy atom. The van der Waals surface area contributed by atoms with E-state index in [0.29, 0.717) is 23.6 Å². The molecule has 0 unspecified atom stereocenters. The molecule has 0 amide bonds. The SMILES string of the molecule is COc1ccc(-c2nc(Cn3cc(C(F)(F)F)cc(Cl)c3=O)co2)cc1. The van der Waals surface area contributed by atoms with Crippen LogP contribution < -0.4 is 10.3 Å². The first-order valence-electron chi connectivity index (χ1n) is 7.34. The van der Waals surface area contributed by atoms with Crippen LogP contribution in [0.2, 0.25) is 5.02 Å². The van der Waals surface area contributed by atoms with Crippen LogP contribution >= 0.6 is 11.6 Å². The number of halogens is 4. The summed E-state index contributed by atoms with van der Waals surface area (Å²) < 4.78 is 49.9. The Labute approximate surface area is 150 Å². The molecule has 2 heterocycles. The van der Waals surface area contributed by atoms with E-state index in [4.69, 9.17) is 20.8 Å². The molecule has 2 aromatic heterocycles. The van der Waals surface area contributed by atoms with E-state index >= 15 is 0 Å². The van der Waals surface area contributed by atoms with Gasteiger partial charge in [0, 0.05) is 11.8 Å². The monoisotopic (exact) mass is 384 g/mol. The van der Waals surface area contributed by atoms with E-state index in [1.165, 1.54) is 13.4 Å². The third kappa shape index (κ3) is 3.75. The molecule has 0 N–H and O–H groups in total. The van der Waals surface area contributed by atoms with Gasteiger partial charge < -0.3 is 13.7 Å². The van der Waals surface area contributed by atoms with Gasteiger partial charge in [-0.25, -0.2) is 4.98 Å². The number of oxazole rings is 1. The minimum absolute atomic E-state index is 0.206. The van der Waals surface area contributed by atoms with Crippen LogP contribution in [0.3, 0.4) is 0 Å². The molecule has 0 saturated carbocycles. The zero-order valence-corrected chi connectivity index (χ0v) is 14.1. The molecule has 0 bridgehead atoms. The van der Waals surface area contributed by atoms with Crippen molar-refractivity contribution in [1.82, 2.24) is 9.55 Å². The highest BCUT2D eigenvalue weighted by Gasteiger charge is 2.32. The fourth-order valence-electron chi connectivity index (χ4n) is 2.29. The molecule has 0 atom stereocenters. The summed E-state index contributed by atoms with van der Waals surface area (Å²) in [4.78, 5) is 16.2. The summed E-state index contributed by atoms with van der Waals surface area (Å²) in [6, 6.07) is 7.49. The lowest BCUT2D eigenvalue weighted by molar-refractivity contribution is -0.138. The Morgan fingerprint density at radius 1 is 1.27 bits per heavy atom. The first-order valence-corrected chi connectivity index (χ1v) is 7.72. The van der Waals surface area contributed by atoms with Crippen molar-refractivity contribution in [2.45, 2.75) is 12.7 Å². The van der Waals surface area contributed by atoms with Gasteiger partial charge in [-0.05, 0) is 30.3 Å². The highest BCUT2D eigenvalue weighted by atomic mass is 35.5. The van der Waals surface area contributed by atoms with Crippen molar-refractivity contribution in [2.24, 2.45) is 0 Å². The maximum atomic E-state index is 12.9. The van der Waals surface area contributed by atoms with Crippen LogP contribution in [-0.4, -0.2) is 16.7 Å². The molecular formula is C17H12ClF3N2O3. The van der Waals surface area contributed by atoms with Gasteiger partial charge in [0.15, 0.2) is 0 Å². The van der Waals surface area contributed by atoms with Crippen molar-refractivity contribution >= 4 is 11.6 Å². The molecule has 0 spiro atoms. The Bertz CT molecular complexity index is 978. The second kappa shape index (κ2) is 6.87. The van der Waals surface area contributed by atoms with Gasteiger partial charge in [-0.15, -0.1) is 0 Å². The number of nitrogens with zero attached hydrogens (tertiary/aromatic N) is 2. The number of ether oxygens (including phenoxy) is 1. The largest absolute Gasteiger partial charge is 0.497 e. The molecule has 1 aromatic carbocycles. The molecule has 0 radical (unpaired) electrons. The molecule has 0 aliphatic heterocycles. The topological polar surface area (TPSA) is 57.3 Å². The fourth-order valence-corrected chi connectivity index (χ4v) is 2.52. The quantitative estimate of drug-likeness (QED) is 0.675. The van der Waals surface area contributed by atoms with Crippen LogP contribution in [0.4, 0.5) is 13.2 Å². The maximum absolute atomic E-state index is 12.9. The van der Waals surface area contributed by atoms with E-state index in [2.05, 4.69) is 4.98 Å². The lowest BCUT2D eigenvalue weighted by Gasteiger charge is -2.10. The molecule has 0 saturated heterocycles. The van der Waals surface area contributed by atoms with Crippen molar-refractivity contribution in [3.05, 3.63) is 69.4 Å². The lowest BCUT2D eigenvalue weighted by atomic mass is 10.2. The molecule has 3 aromatic rings. The predicted octanol–water partition coefficient (Wildman–Crippen LogP) is 4.23. The number of pyridine rings is 1. The fraction of sp³-hybridized carbons (Fsp3) is 0.176. The predicted molar refractivity (Wildman–Crippen MR) is 88.3 cm³/mol. The summed E-state index contributed by atoms with van der Waals surface area (Å²) in [5.41, 5.74) is -0.811. The molecule has 9 heteroatoms. The summed E-state index contributed by atoms with van der Waals surface area (Å²) in [5.74, 6) is 0.930. The third-order valence-electron chi connectivity index (χ3n) is 3.59. The number of alkyl halides is 3. The van der Waals surface area contributed by atoms with Crippen LogP contribution in [0.15, 0.2) is 52.0 Å². The van der Waals surface area contributed by atoms with E-state index < -0.39 is 22.3 Å². The Morgan fingerprint density at radius 2 is 1.96 bits per heavy atom. The summed E-state index contributed by atoms with van der Waals surface area (Å²) in [6.07, 6.45) is -2.63. The van der Waals surface area contributed by atoms with E-state index in [9.17, 15) is 18.0 Å². The number of hydrogen-bond acceptors (Lipinski definition) is 4. The van der Waals surface area contributed by atoms with Gasteiger partial charge >= 0.3 is 6.18 Å². The van der Waals surface area contributed by atoms with E-state index in [-0.39, 0.29) is 18.1 Å². The maximum Gasteiger partial charge on any atom is 0.417 e. The zero-order valence-electron chi connectivity index (χ0n) is 13.4. The third-order valence-corrected chi connectivity index (χ3v) is 3.86. The van der Waals surface area contributed by atoms with Gasteiger partial charge in [0.1, 0.15) is 17.0 Å². The smallest absolute Gasteiger partial charge is 0.417 e.